The maximum Gasteiger partial charge on any atom is 0.379 e. The Morgan fingerprint density at radius 1 is 1.53 bits per heavy atom. The molecule has 1 aromatic rings. The largest absolute Gasteiger partial charge is 0.477 e. The SMILES string of the molecule is N#Cc1ccc(Br)c(C(F)(F)C(=O)O)c1. The minimum atomic E-state index is -4.01. The summed E-state index contributed by atoms with van der Waals surface area (Å²) in [5, 5.41) is 16.8. The fourth-order valence-corrected chi connectivity index (χ4v) is 1.45. The van der Waals surface area contributed by atoms with Gasteiger partial charge in [0.25, 0.3) is 0 Å². The first-order valence-corrected chi connectivity index (χ1v) is 4.50. The van der Waals surface area contributed by atoms with Crippen LogP contribution in [0.25, 0.3) is 0 Å². The van der Waals surface area contributed by atoms with E-state index in [0.717, 1.165) is 6.07 Å². The molecule has 0 aromatic heterocycles. The maximum atomic E-state index is 13.1. The summed E-state index contributed by atoms with van der Waals surface area (Å²) in [5.41, 5.74) is -0.747. The third kappa shape index (κ3) is 2.13. The molecule has 0 saturated carbocycles. The van der Waals surface area contributed by atoms with E-state index >= 15 is 0 Å². The number of benzene rings is 1. The lowest BCUT2D eigenvalue weighted by Crippen LogP contribution is -2.25. The Balaban J connectivity index is 3.37. The lowest BCUT2D eigenvalue weighted by atomic mass is 10.1. The molecule has 1 N–H and O–H groups in total. The number of rotatable bonds is 2. The van der Waals surface area contributed by atoms with Crippen molar-refractivity contribution < 1.29 is 18.7 Å². The van der Waals surface area contributed by atoms with Crippen molar-refractivity contribution in [1.29, 1.82) is 5.26 Å². The molecule has 0 unspecified atom stereocenters. The average molecular weight is 276 g/mol. The van der Waals surface area contributed by atoms with Crippen molar-refractivity contribution in [3.05, 3.63) is 33.8 Å². The molecule has 0 aliphatic carbocycles. The van der Waals surface area contributed by atoms with Gasteiger partial charge in [0.1, 0.15) is 0 Å². The number of nitrogens with zero attached hydrogens (tertiary/aromatic N) is 1. The molecule has 6 heteroatoms. The smallest absolute Gasteiger partial charge is 0.379 e. The zero-order valence-electron chi connectivity index (χ0n) is 7.17. The van der Waals surface area contributed by atoms with Crippen molar-refractivity contribution in [3.63, 3.8) is 0 Å². The molecule has 0 saturated heterocycles. The molecule has 0 radical (unpaired) electrons. The summed E-state index contributed by atoms with van der Waals surface area (Å²) in [7, 11) is 0. The van der Waals surface area contributed by atoms with Gasteiger partial charge >= 0.3 is 11.9 Å². The summed E-state index contributed by atoms with van der Waals surface area (Å²) >= 11 is 2.81. The first-order valence-electron chi connectivity index (χ1n) is 3.71. The van der Waals surface area contributed by atoms with Gasteiger partial charge in [-0.05, 0) is 18.2 Å². The number of carboxylic acids is 1. The molecular formula is C9H4BrF2NO2. The van der Waals surface area contributed by atoms with Crippen LogP contribution in [-0.2, 0) is 10.7 Å². The Labute approximate surface area is 92.1 Å². The van der Waals surface area contributed by atoms with Crippen LogP contribution in [0, 0.1) is 11.3 Å². The van der Waals surface area contributed by atoms with E-state index in [1.54, 1.807) is 6.07 Å². The van der Waals surface area contributed by atoms with Gasteiger partial charge in [0.2, 0.25) is 0 Å². The number of nitriles is 1. The van der Waals surface area contributed by atoms with Crippen molar-refractivity contribution in [3.8, 4) is 6.07 Å². The molecule has 0 amide bonds. The molecule has 78 valence electrons. The minimum Gasteiger partial charge on any atom is -0.477 e. The molecule has 0 fully saturated rings. The second-order valence-corrected chi connectivity index (χ2v) is 3.54. The Hall–Kier alpha value is -1.48. The summed E-state index contributed by atoms with van der Waals surface area (Å²) in [5.74, 6) is -6.26. The van der Waals surface area contributed by atoms with Gasteiger partial charge in [-0.25, -0.2) is 4.79 Å². The monoisotopic (exact) mass is 275 g/mol. The predicted octanol–water partition coefficient (Wildman–Crippen LogP) is 2.50. The average Bonchev–Trinajstić information content (AvgIpc) is 2.18. The highest BCUT2D eigenvalue weighted by atomic mass is 79.9. The van der Waals surface area contributed by atoms with E-state index in [1.807, 2.05) is 0 Å². The Bertz CT molecular complexity index is 454. The quantitative estimate of drug-likeness (QED) is 0.902. The van der Waals surface area contributed by atoms with E-state index < -0.39 is 17.5 Å². The fraction of sp³-hybridized carbons (Fsp3) is 0.111. The van der Waals surface area contributed by atoms with Gasteiger partial charge in [-0.3, -0.25) is 0 Å². The van der Waals surface area contributed by atoms with E-state index in [1.165, 1.54) is 12.1 Å². The Kier molecular flexibility index (Phi) is 3.05. The minimum absolute atomic E-state index is 0.0193. The number of hydrogen-bond donors (Lipinski definition) is 1. The van der Waals surface area contributed by atoms with Crippen LogP contribution < -0.4 is 0 Å². The fourth-order valence-electron chi connectivity index (χ4n) is 0.951. The molecular weight excluding hydrogens is 272 g/mol. The predicted molar refractivity (Wildman–Crippen MR) is 50.4 cm³/mol. The van der Waals surface area contributed by atoms with Crippen LogP contribution in [0.3, 0.4) is 0 Å². The van der Waals surface area contributed by atoms with Gasteiger partial charge in [0, 0.05) is 10.0 Å². The Morgan fingerprint density at radius 3 is 2.60 bits per heavy atom. The molecule has 0 bridgehead atoms. The number of alkyl halides is 2. The van der Waals surface area contributed by atoms with Gasteiger partial charge in [-0.15, -0.1) is 0 Å². The standard InChI is InChI=1S/C9H4BrF2NO2/c10-7-2-1-5(4-13)3-6(7)9(11,12)8(14)15/h1-3H,(H,14,15). The number of hydrogen-bond acceptors (Lipinski definition) is 2. The second kappa shape index (κ2) is 3.95. The highest BCUT2D eigenvalue weighted by Gasteiger charge is 2.42. The summed E-state index contributed by atoms with van der Waals surface area (Å²) in [6.45, 7) is 0. The zero-order valence-corrected chi connectivity index (χ0v) is 8.75. The first-order chi connectivity index (χ1) is 6.89. The summed E-state index contributed by atoms with van der Waals surface area (Å²) in [6.07, 6.45) is 0. The molecule has 0 aliphatic heterocycles. The lowest BCUT2D eigenvalue weighted by Gasteiger charge is -2.13. The topological polar surface area (TPSA) is 61.1 Å². The van der Waals surface area contributed by atoms with Crippen molar-refractivity contribution in [2.45, 2.75) is 5.92 Å². The van der Waals surface area contributed by atoms with Crippen LogP contribution in [0.4, 0.5) is 8.78 Å². The highest BCUT2D eigenvalue weighted by molar-refractivity contribution is 9.10. The third-order valence-electron chi connectivity index (χ3n) is 1.70. The third-order valence-corrected chi connectivity index (χ3v) is 2.39. The van der Waals surface area contributed by atoms with Gasteiger partial charge < -0.3 is 5.11 Å². The lowest BCUT2D eigenvalue weighted by molar-refractivity contribution is -0.166. The molecule has 0 heterocycles. The van der Waals surface area contributed by atoms with Gasteiger partial charge in [-0.1, -0.05) is 15.9 Å². The van der Waals surface area contributed by atoms with E-state index in [9.17, 15) is 13.6 Å². The molecule has 0 aliphatic rings. The van der Waals surface area contributed by atoms with Crippen LogP contribution >= 0.6 is 15.9 Å². The molecule has 1 aromatic carbocycles. The highest BCUT2D eigenvalue weighted by Crippen LogP contribution is 2.34. The summed E-state index contributed by atoms with van der Waals surface area (Å²) < 4.78 is 26.2. The number of carboxylic acid groups (broad SMARTS) is 1. The van der Waals surface area contributed by atoms with Crippen molar-refractivity contribution in [2.75, 3.05) is 0 Å². The normalized spacial score (nSPS) is 10.8. The molecule has 0 atom stereocenters. The van der Waals surface area contributed by atoms with E-state index in [4.69, 9.17) is 10.4 Å². The summed E-state index contributed by atoms with van der Waals surface area (Å²) in [6, 6.07) is 5.03. The van der Waals surface area contributed by atoms with Crippen molar-refractivity contribution in [1.82, 2.24) is 0 Å². The number of aliphatic carboxylic acids is 1. The van der Waals surface area contributed by atoms with Crippen LogP contribution in [-0.4, -0.2) is 11.1 Å². The van der Waals surface area contributed by atoms with Crippen LogP contribution in [0.15, 0.2) is 22.7 Å². The van der Waals surface area contributed by atoms with Gasteiger partial charge in [-0.2, -0.15) is 14.0 Å². The van der Waals surface area contributed by atoms with E-state index in [2.05, 4.69) is 15.9 Å². The maximum absolute atomic E-state index is 13.1. The summed E-state index contributed by atoms with van der Waals surface area (Å²) in [4.78, 5) is 10.3. The van der Waals surface area contributed by atoms with E-state index in [0.29, 0.717) is 0 Å². The molecule has 15 heavy (non-hydrogen) atoms. The molecule has 0 spiro atoms. The van der Waals surface area contributed by atoms with Gasteiger partial charge in [0.15, 0.2) is 0 Å². The van der Waals surface area contributed by atoms with Crippen LogP contribution in [0.2, 0.25) is 0 Å². The molecule has 3 nitrogen and oxygen atoms in total. The second-order valence-electron chi connectivity index (χ2n) is 2.69. The van der Waals surface area contributed by atoms with Crippen molar-refractivity contribution >= 4 is 21.9 Å². The van der Waals surface area contributed by atoms with Crippen molar-refractivity contribution in [2.24, 2.45) is 0 Å². The van der Waals surface area contributed by atoms with Gasteiger partial charge in [0.05, 0.1) is 11.6 Å². The van der Waals surface area contributed by atoms with Crippen LogP contribution in [0.1, 0.15) is 11.1 Å². The van der Waals surface area contributed by atoms with E-state index in [-0.39, 0.29) is 10.0 Å². The number of carbonyl (C=O) groups is 1. The molecule has 1 rings (SSSR count). The van der Waals surface area contributed by atoms with Crippen LogP contribution in [0.5, 0.6) is 0 Å². The number of halogens is 3. The first kappa shape index (κ1) is 11.6. The zero-order chi connectivity index (χ0) is 11.6. The Morgan fingerprint density at radius 2 is 2.13 bits per heavy atom.